The molecule has 0 fully saturated rings. The van der Waals surface area contributed by atoms with Crippen molar-refractivity contribution in [1.29, 1.82) is 5.41 Å². The molecule has 20 heavy (non-hydrogen) atoms. The van der Waals surface area contributed by atoms with Crippen molar-refractivity contribution in [2.24, 2.45) is 5.73 Å². The maximum atomic E-state index is 7.38. The van der Waals surface area contributed by atoms with Crippen LogP contribution in [-0.4, -0.2) is 15.8 Å². The molecule has 4 nitrogen and oxygen atoms in total. The maximum absolute atomic E-state index is 7.38. The minimum Gasteiger partial charge on any atom is -0.384 e. The third-order valence-corrected chi connectivity index (χ3v) is 3.13. The van der Waals surface area contributed by atoms with E-state index in [-0.39, 0.29) is 5.84 Å². The number of hydrogen-bond acceptors (Lipinski definition) is 2. The Labute approximate surface area is 116 Å². The molecule has 0 aliphatic rings. The van der Waals surface area contributed by atoms with Gasteiger partial charge in [-0.25, -0.2) is 4.98 Å². The van der Waals surface area contributed by atoms with E-state index >= 15 is 0 Å². The minimum absolute atomic E-state index is 0.0703. The van der Waals surface area contributed by atoms with Gasteiger partial charge in [0.25, 0.3) is 0 Å². The van der Waals surface area contributed by atoms with Gasteiger partial charge in [0.2, 0.25) is 0 Å². The zero-order valence-electron chi connectivity index (χ0n) is 10.8. The van der Waals surface area contributed by atoms with Crippen LogP contribution in [-0.2, 0) is 0 Å². The Morgan fingerprint density at radius 3 is 2.30 bits per heavy atom. The zero-order valence-corrected chi connectivity index (χ0v) is 10.8. The van der Waals surface area contributed by atoms with E-state index in [0.717, 1.165) is 22.6 Å². The van der Waals surface area contributed by atoms with Crippen LogP contribution in [0.1, 0.15) is 5.56 Å². The van der Waals surface area contributed by atoms with E-state index in [9.17, 15) is 0 Å². The monoisotopic (exact) mass is 262 g/mol. The zero-order chi connectivity index (χ0) is 13.9. The van der Waals surface area contributed by atoms with E-state index in [0.29, 0.717) is 5.56 Å². The third kappa shape index (κ3) is 2.31. The first-order chi connectivity index (χ1) is 9.74. The van der Waals surface area contributed by atoms with Crippen molar-refractivity contribution in [2.45, 2.75) is 0 Å². The predicted molar refractivity (Wildman–Crippen MR) is 80.5 cm³/mol. The van der Waals surface area contributed by atoms with Crippen LogP contribution in [0.4, 0.5) is 0 Å². The smallest absolute Gasteiger partial charge is 0.137 e. The summed E-state index contributed by atoms with van der Waals surface area (Å²) in [4.78, 5) is 7.70. The van der Waals surface area contributed by atoms with E-state index < -0.39 is 0 Å². The number of H-pyrrole nitrogens is 1. The van der Waals surface area contributed by atoms with Crippen LogP contribution in [0.3, 0.4) is 0 Å². The van der Waals surface area contributed by atoms with Crippen molar-refractivity contribution in [3.63, 3.8) is 0 Å². The van der Waals surface area contributed by atoms with Gasteiger partial charge in [0.1, 0.15) is 11.7 Å². The number of nitrogen functional groups attached to an aromatic ring is 1. The van der Waals surface area contributed by atoms with Crippen LogP contribution in [0, 0.1) is 5.41 Å². The van der Waals surface area contributed by atoms with Gasteiger partial charge in [0, 0.05) is 11.1 Å². The quantitative estimate of drug-likeness (QED) is 0.501. The van der Waals surface area contributed by atoms with Crippen molar-refractivity contribution < 1.29 is 0 Å². The number of amidine groups is 1. The van der Waals surface area contributed by atoms with Crippen molar-refractivity contribution in [1.82, 2.24) is 9.97 Å². The van der Waals surface area contributed by atoms with E-state index in [1.165, 1.54) is 0 Å². The molecular weight excluding hydrogens is 248 g/mol. The number of aromatic amines is 1. The van der Waals surface area contributed by atoms with Gasteiger partial charge in [-0.1, -0.05) is 54.6 Å². The van der Waals surface area contributed by atoms with E-state index in [4.69, 9.17) is 11.1 Å². The molecule has 0 saturated heterocycles. The average Bonchev–Trinajstić information content (AvgIpc) is 2.98. The van der Waals surface area contributed by atoms with Crippen LogP contribution in [0.25, 0.3) is 22.6 Å². The molecule has 0 aliphatic carbocycles. The molecule has 3 aromatic rings. The Balaban J connectivity index is 1.92. The van der Waals surface area contributed by atoms with Gasteiger partial charge in [-0.3, -0.25) is 5.41 Å². The van der Waals surface area contributed by atoms with Gasteiger partial charge >= 0.3 is 0 Å². The summed E-state index contributed by atoms with van der Waals surface area (Å²) in [7, 11) is 0. The number of imidazole rings is 1. The summed E-state index contributed by atoms with van der Waals surface area (Å²) in [6.45, 7) is 0. The first-order valence-electron chi connectivity index (χ1n) is 6.29. The van der Waals surface area contributed by atoms with Crippen LogP contribution < -0.4 is 5.73 Å². The van der Waals surface area contributed by atoms with Crippen molar-refractivity contribution in [3.8, 4) is 22.6 Å². The molecule has 1 aromatic heterocycles. The molecule has 0 spiro atoms. The summed E-state index contributed by atoms with van der Waals surface area (Å²) in [6.07, 6.45) is 1.82. The number of nitrogens with one attached hydrogen (secondary N) is 2. The van der Waals surface area contributed by atoms with Crippen LogP contribution in [0.5, 0.6) is 0 Å². The van der Waals surface area contributed by atoms with Crippen LogP contribution >= 0.6 is 0 Å². The predicted octanol–water partition coefficient (Wildman–Crippen LogP) is 3.03. The Morgan fingerprint density at radius 2 is 1.65 bits per heavy atom. The van der Waals surface area contributed by atoms with Gasteiger partial charge in [-0.05, 0) is 5.56 Å². The molecule has 4 heteroatoms. The number of rotatable bonds is 3. The lowest BCUT2D eigenvalue weighted by Crippen LogP contribution is -2.10. The topological polar surface area (TPSA) is 78.6 Å². The number of nitrogens with two attached hydrogens (primary N) is 1. The molecule has 4 N–H and O–H groups in total. The Hall–Kier alpha value is -2.88. The highest BCUT2D eigenvalue weighted by Crippen LogP contribution is 2.22. The van der Waals surface area contributed by atoms with E-state index in [2.05, 4.69) is 9.97 Å². The standard InChI is InChI=1S/C16H14N4/c17-15(18)12-6-8-13(9-7-12)16-19-10-14(20-16)11-4-2-1-3-5-11/h1-10H,(H3,17,18)(H,19,20). The largest absolute Gasteiger partial charge is 0.384 e. The number of hydrogen-bond donors (Lipinski definition) is 3. The second kappa shape index (κ2) is 5.01. The second-order valence-electron chi connectivity index (χ2n) is 4.50. The molecule has 0 radical (unpaired) electrons. The summed E-state index contributed by atoms with van der Waals surface area (Å²) in [5.74, 6) is 0.875. The minimum atomic E-state index is 0.0703. The highest BCUT2D eigenvalue weighted by molar-refractivity contribution is 5.95. The summed E-state index contributed by atoms with van der Waals surface area (Å²) >= 11 is 0. The van der Waals surface area contributed by atoms with Crippen molar-refractivity contribution in [2.75, 3.05) is 0 Å². The first-order valence-corrected chi connectivity index (χ1v) is 6.29. The molecular formula is C16H14N4. The summed E-state index contributed by atoms with van der Waals surface area (Å²) in [6, 6.07) is 17.5. The SMILES string of the molecule is N=C(N)c1ccc(-c2ncc(-c3ccccc3)[nH]2)cc1. The Morgan fingerprint density at radius 1 is 0.950 bits per heavy atom. The molecule has 0 unspecified atom stereocenters. The van der Waals surface area contributed by atoms with Crippen LogP contribution in [0.2, 0.25) is 0 Å². The molecule has 0 aliphatic heterocycles. The first kappa shape index (κ1) is 12.2. The maximum Gasteiger partial charge on any atom is 0.137 e. The molecule has 98 valence electrons. The normalized spacial score (nSPS) is 10.4. The fourth-order valence-corrected chi connectivity index (χ4v) is 2.04. The fourth-order valence-electron chi connectivity index (χ4n) is 2.04. The van der Waals surface area contributed by atoms with Gasteiger partial charge < -0.3 is 10.7 Å². The number of benzene rings is 2. The lowest BCUT2D eigenvalue weighted by atomic mass is 10.1. The van der Waals surface area contributed by atoms with Gasteiger partial charge in [0.15, 0.2) is 0 Å². The molecule has 0 amide bonds. The summed E-state index contributed by atoms with van der Waals surface area (Å²) in [5.41, 5.74) is 9.21. The van der Waals surface area contributed by atoms with E-state index in [1.807, 2.05) is 60.8 Å². The van der Waals surface area contributed by atoms with E-state index in [1.54, 1.807) is 0 Å². The van der Waals surface area contributed by atoms with Gasteiger partial charge in [0.05, 0.1) is 11.9 Å². The number of aromatic nitrogens is 2. The molecule has 0 bridgehead atoms. The highest BCUT2D eigenvalue weighted by atomic mass is 14.9. The Bertz CT molecular complexity index is 727. The molecule has 2 aromatic carbocycles. The third-order valence-electron chi connectivity index (χ3n) is 3.13. The lowest BCUT2D eigenvalue weighted by Gasteiger charge is -2.00. The fraction of sp³-hybridized carbons (Fsp3) is 0. The summed E-state index contributed by atoms with van der Waals surface area (Å²) in [5, 5.41) is 7.38. The highest BCUT2D eigenvalue weighted by Gasteiger charge is 2.05. The molecule has 3 rings (SSSR count). The number of nitrogens with zero attached hydrogens (tertiary/aromatic N) is 1. The van der Waals surface area contributed by atoms with Gasteiger partial charge in [-0.2, -0.15) is 0 Å². The molecule has 0 atom stereocenters. The molecule has 0 saturated carbocycles. The average molecular weight is 262 g/mol. The molecule has 1 heterocycles. The summed E-state index contributed by atoms with van der Waals surface area (Å²) < 4.78 is 0. The van der Waals surface area contributed by atoms with Crippen LogP contribution in [0.15, 0.2) is 60.8 Å². The Kier molecular flexibility index (Phi) is 3.05. The van der Waals surface area contributed by atoms with Crippen molar-refractivity contribution >= 4 is 5.84 Å². The van der Waals surface area contributed by atoms with Crippen molar-refractivity contribution in [3.05, 3.63) is 66.4 Å². The second-order valence-corrected chi connectivity index (χ2v) is 4.50. The lowest BCUT2D eigenvalue weighted by molar-refractivity contribution is 1.31. The van der Waals surface area contributed by atoms with Gasteiger partial charge in [-0.15, -0.1) is 0 Å².